The molecule has 1 N–H and O–H groups in total. The second-order valence-electron chi connectivity index (χ2n) is 4.87. The van der Waals surface area contributed by atoms with Crippen LogP contribution in [-0.4, -0.2) is 27.5 Å². The first-order valence-electron chi connectivity index (χ1n) is 5.78. The van der Waals surface area contributed by atoms with Crippen molar-refractivity contribution >= 4 is 12.2 Å². The van der Waals surface area contributed by atoms with Gasteiger partial charge in [-0.05, 0) is 31.5 Å². The lowest BCUT2D eigenvalue weighted by Crippen LogP contribution is -2.43. The Morgan fingerprint density at radius 3 is 2.69 bits per heavy atom. The van der Waals surface area contributed by atoms with E-state index in [1.54, 1.807) is 7.11 Å². The minimum Gasteiger partial charge on any atom is -0.376 e. The van der Waals surface area contributed by atoms with E-state index in [9.17, 15) is 0 Å². The van der Waals surface area contributed by atoms with Gasteiger partial charge in [0, 0.05) is 13.0 Å². The molecular formula is C11H19N3OS. The van der Waals surface area contributed by atoms with E-state index in [1.807, 2.05) is 0 Å². The highest BCUT2D eigenvalue weighted by molar-refractivity contribution is 7.71. The van der Waals surface area contributed by atoms with Crippen molar-refractivity contribution in [3.05, 3.63) is 10.6 Å². The van der Waals surface area contributed by atoms with Crippen molar-refractivity contribution in [3.63, 3.8) is 0 Å². The standard InChI is InChI=1S/C11H19N3OS/c1-8(2)9-12-13-10(16)14(9)7-11(15-3)5-4-6-11/h8H,4-7H2,1-3H3,(H,13,16). The lowest BCUT2D eigenvalue weighted by atomic mass is 9.80. The van der Waals surface area contributed by atoms with Gasteiger partial charge in [-0.2, -0.15) is 5.10 Å². The molecule has 0 amide bonds. The van der Waals surface area contributed by atoms with Crippen LogP contribution in [0.2, 0.25) is 0 Å². The molecule has 0 aliphatic heterocycles. The van der Waals surface area contributed by atoms with Crippen molar-refractivity contribution in [2.24, 2.45) is 0 Å². The first kappa shape index (κ1) is 11.8. The molecule has 90 valence electrons. The fourth-order valence-corrected chi connectivity index (χ4v) is 2.41. The molecule has 0 aromatic carbocycles. The minimum atomic E-state index is -0.00819. The number of H-pyrrole nitrogens is 1. The normalized spacial score (nSPS) is 18.8. The Kier molecular flexibility index (Phi) is 3.17. The van der Waals surface area contributed by atoms with Crippen molar-refractivity contribution in [1.29, 1.82) is 0 Å². The van der Waals surface area contributed by atoms with Crippen LogP contribution in [0.1, 0.15) is 44.9 Å². The first-order valence-corrected chi connectivity index (χ1v) is 6.19. The molecule has 0 bridgehead atoms. The molecule has 0 spiro atoms. The summed E-state index contributed by atoms with van der Waals surface area (Å²) in [7, 11) is 1.79. The Balaban J connectivity index is 2.26. The van der Waals surface area contributed by atoms with E-state index in [2.05, 4.69) is 28.6 Å². The summed E-state index contributed by atoms with van der Waals surface area (Å²) in [6.45, 7) is 5.08. The van der Waals surface area contributed by atoms with E-state index < -0.39 is 0 Å². The van der Waals surface area contributed by atoms with Gasteiger partial charge in [0.15, 0.2) is 4.77 Å². The van der Waals surface area contributed by atoms with Crippen molar-refractivity contribution in [1.82, 2.24) is 14.8 Å². The number of hydrogen-bond acceptors (Lipinski definition) is 3. The molecule has 1 saturated carbocycles. The predicted octanol–water partition coefficient (Wildman–Crippen LogP) is 2.63. The molecule has 0 saturated heterocycles. The Hall–Kier alpha value is -0.680. The van der Waals surface area contributed by atoms with Crippen molar-refractivity contribution in [2.75, 3.05) is 7.11 Å². The number of aromatic nitrogens is 3. The molecule has 1 heterocycles. The van der Waals surface area contributed by atoms with Gasteiger partial charge in [0.05, 0.1) is 12.1 Å². The van der Waals surface area contributed by atoms with E-state index in [0.29, 0.717) is 10.7 Å². The highest BCUT2D eigenvalue weighted by Crippen LogP contribution is 2.37. The molecule has 0 atom stereocenters. The van der Waals surface area contributed by atoms with E-state index in [-0.39, 0.29) is 5.60 Å². The number of rotatable bonds is 4. The van der Waals surface area contributed by atoms with Crippen LogP contribution in [0, 0.1) is 4.77 Å². The number of nitrogens with zero attached hydrogens (tertiary/aromatic N) is 2. The zero-order chi connectivity index (χ0) is 11.8. The molecule has 1 aliphatic rings. The second kappa shape index (κ2) is 4.30. The highest BCUT2D eigenvalue weighted by Gasteiger charge is 2.38. The molecule has 1 aromatic rings. The average molecular weight is 241 g/mol. The third-order valence-electron chi connectivity index (χ3n) is 3.45. The third-order valence-corrected chi connectivity index (χ3v) is 3.76. The predicted molar refractivity (Wildman–Crippen MR) is 65.1 cm³/mol. The van der Waals surface area contributed by atoms with E-state index in [1.165, 1.54) is 6.42 Å². The van der Waals surface area contributed by atoms with Crippen molar-refractivity contribution < 1.29 is 4.74 Å². The lowest BCUT2D eigenvalue weighted by Gasteiger charge is -2.40. The first-order chi connectivity index (χ1) is 7.58. The molecule has 1 fully saturated rings. The molecule has 0 radical (unpaired) electrons. The maximum absolute atomic E-state index is 5.63. The van der Waals surface area contributed by atoms with Gasteiger partial charge in [-0.15, -0.1) is 0 Å². The summed E-state index contributed by atoms with van der Waals surface area (Å²) >= 11 is 5.27. The van der Waals surface area contributed by atoms with Crippen LogP contribution < -0.4 is 0 Å². The van der Waals surface area contributed by atoms with Crippen LogP contribution in [-0.2, 0) is 11.3 Å². The SMILES string of the molecule is COC1(Cn2c(C(C)C)n[nH]c2=S)CCC1. The number of nitrogens with one attached hydrogen (secondary N) is 1. The summed E-state index contributed by atoms with van der Waals surface area (Å²) in [5.74, 6) is 1.40. The highest BCUT2D eigenvalue weighted by atomic mass is 32.1. The number of hydrogen-bond donors (Lipinski definition) is 1. The minimum absolute atomic E-state index is 0.00819. The monoisotopic (exact) mass is 241 g/mol. The van der Waals surface area contributed by atoms with Crippen LogP contribution in [0.15, 0.2) is 0 Å². The van der Waals surface area contributed by atoms with Gasteiger partial charge in [-0.25, -0.2) is 0 Å². The summed E-state index contributed by atoms with van der Waals surface area (Å²) in [6, 6.07) is 0. The quantitative estimate of drug-likeness (QED) is 0.824. The number of methoxy groups -OCH3 is 1. The van der Waals surface area contributed by atoms with E-state index in [0.717, 1.165) is 25.2 Å². The molecule has 4 nitrogen and oxygen atoms in total. The van der Waals surface area contributed by atoms with E-state index >= 15 is 0 Å². The molecular weight excluding hydrogens is 222 g/mol. The fraction of sp³-hybridized carbons (Fsp3) is 0.818. The summed E-state index contributed by atoms with van der Waals surface area (Å²) in [6.07, 6.45) is 3.48. The Morgan fingerprint density at radius 1 is 1.56 bits per heavy atom. The summed E-state index contributed by atoms with van der Waals surface area (Å²) < 4.78 is 8.41. The summed E-state index contributed by atoms with van der Waals surface area (Å²) in [4.78, 5) is 0. The molecule has 2 rings (SSSR count). The third kappa shape index (κ3) is 1.94. The zero-order valence-corrected chi connectivity index (χ0v) is 10.9. The Morgan fingerprint density at radius 2 is 2.25 bits per heavy atom. The van der Waals surface area contributed by atoms with Gasteiger partial charge in [0.25, 0.3) is 0 Å². The van der Waals surface area contributed by atoms with Crippen LogP contribution >= 0.6 is 12.2 Å². The molecule has 0 unspecified atom stereocenters. The topological polar surface area (TPSA) is 42.8 Å². The fourth-order valence-electron chi connectivity index (χ4n) is 2.21. The maximum atomic E-state index is 5.63. The van der Waals surface area contributed by atoms with Crippen LogP contribution in [0.25, 0.3) is 0 Å². The Labute approximate surface area is 101 Å². The van der Waals surface area contributed by atoms with E-state index in [4.69, 9.17) is 17.0 Å². The number of ether oxygens (including phenoxy) is 1. The van der Waals surface area contributed by atoms with Crippen molar-refractivity contribution in [2.45, 2.75) is 51.2 Å². The summed E-state index contributed by atoms with van der Waals surface area (Å²) in [5, 5.41) is 7.16. The average Bonchev–Trinajstić information content (AvgIpc) is 2.54. The lowest BCUT2D eigenvalue weighted by molar-refractivity contribution is -0.0843. The molecule has 16 heavy (non-hydrogen) atoms. The maximum Gasteiger partial charge on any atom is 0.195 e. The molecule has 1 aromatic heterocycles. The van der Waals surface area contributed by atoms with Crippen LogP contribution in [0.3, 0.4) is 0 Å². The van der Waals surface area contributed by atoms with Gasteiger partial charge in [-0.3, -0.25) is 5.10 Å². The Bertz CT molecular complexity index is 412. The van der Waals surface area contributed by atoms with Crippen molar-refractivity contribution in [3.8, 4) is 0 Å². The largest absolute Gasteiger partial charge is 0.376 e. The van der Waals surface area contributed by atoms with Gasteiger partial charge >= 0.3 is 0 Å². The number of aromatic amines is 1. The zero-order valence-electron chi connectivity index (χ0n) is 10.1. The smallest absolute Gasteiger partial charge is 0.195 e. The van der Waals surface area contributed by atoms with Gasteiger partial charge in [-0.1, -0.05) is 13.8 Å². The van der Waals surface area contributed by atoms with Crippen LogP contribution in [0.5, 0.6) is 0 Å². The molecule has 1 aliphatic carbocycles. The van der Waals surface area contributed by atoms with Gasteiger partial charge in [0.1, 0.15) is 5.82 Å². The second-order valence-corrected chi connectivity index (χ2v) is 5.26. The van der Waals surface area contributed by atoms with Gasteiger partial charge < -0.3 is 9.30 Å². The van der Waals surface area contributed by atoms with Crippen LogP contribution in [0.4, 0.5) is 0 Å². The molecule has 5 heteroatoms. The summed E-state index contributed by atoms with van der Waals surface area (Å²) in [5.41, 5.74) is -0.00819. The van der Waals surface area contributed by atoms with Gasteiger partial charge in [0.2, 0.25) is 0 Å².